The molecule has 0 spiro atoms. The summed E-state index contributed by atoms with van der Waals surface area (Å²) in [4.78, 5) is 47.8. The molecular weight excluding hydrogens is 376 g/mol. The Bertz CT molecular complexity index is 972. The second-order valence-corrected chi connectivity index (χ2v) is 9.19. The average Bonchev–Trinajstić information content (AvgIpc) is 3.03. The number of hydrogen-bond donors (Lipinski definition) is 2. The van der Waals surface area contributed by atoms with E-state index in [-0.39, 0.29) is 23.3 Å². The molecule has 2 amide bonds. The molecule has 0 aromatic carbocycles. The third kappa shape index (κ3) is 3.70. The highest BCUT2D eigenvalue weighted by atomic mass is 32.1. The molecule has 0 bridgehead atoms. The molecular formula is C20H26N4O3S. The molecule has 28 heavy (non-hydrogen) atoms. The van der Waals surface area contributed by atoms with Gasteiger partial charge in [-0.25, -0.2) is 4.98 Å². The normalized spacial score (nSPS) is 20.3. The van der Waals surface area contributed by atoms with Gasteiger partial charge in [-0.05, 0) is 43.6 Å². The van der Waals surface area contributed by atoms with E-state index in [0.717, 1.165) is 29.5 Å². The summed E-state index contributed by atoms with van der Waals surface area (Å²) < 4.78 is 0. The number of likely N-dealkylation sites (tertiary alicyclic amines) is 1. The van der Waals surface area contributed by atoms with Crippen LogP contribution in [0.25, 0.3) is 10.2 Å². The van der Waals surface area contributed by atoms with E-state index >= 15 is 0 Å². The molecule has 7 nitrogen and oxygen atoms in total. The monoisotopic (exact) mass is 402 g/mol. The molecule has 3 heterocycles. The molecule has 0 saturated carbocycles. The van der Waals surface area contributed by atoms with Crippen molar-refractivity contribution in [3.8, 4) is 0 Å². The Morgan fingerprint density at radius 1 is 1.29 bits per heavy atom. The predicted molar refractivity (Wildman–Crippen MR) is 108 cm³/mol. The molecule has 2 aliphatic rings. The van der Waals surface area contributed by atoms with Crippen molar-refractivity contribution in [1.82, 2.24) is 14.9 Å². The van der Waals surface area contributed by atoms with Crippen molar-refractivity contribution in [2.75, 3.05) is 13.1 Å². The number of piperidine rings is 1. The summed E-state index contributed by atoms with van der Waals surface area (Å²) in [7, 11) is 0. The van der Waals surface area contributed by atoms with Crippen molar-refractivity contribution < 1.29 is 9.59 Å². The van der Waals surface area contributed by atoms with Crippen molar-refractivity contribution in [3.63, 3.8) is 0 Å². The summed E-state index contributed by atoms with van der Waals surface area (Å²) in [6.45, 7) is 3.37. The van der Waals surface area contributed by atoms with Gasteiger partial charge < -0.3 is 15.6 Å². The third-order valence-electron chi connectivity index (χ3n) is 6.04. The van der Waals surface area contributed by atoms with Crippen LogP contribution in [-0.2, 0) is 28.9 Å². The smallest absolute Gasteiger partial charge is 0.259 e. The number of H-pyrrole nitrogens is 1. The minimum Gasteiger partial charge on any atom is -0.369 e. The lowest BCUT2D eigenvalue weighted by Gasteiger charge is -2.30. The number of primary amides is 1. The lowest BCUT2D eigenvalue weighted by atomic mass is 9.89. The first-order valence-corrected chi connectivity index (χ1v) is 10.8. The van der Waals surface area contributed by atoms with Gasteiger partial charge in [-0.3, -0.25) is 14.4 Å². The van der Waals surface area contributed by atoms with Crippen LogP contribution in [0.3, 0.4) is 0 Å². The fraction of sp³-hybridized carbons (Fsp3) is 0.600. The van der Waals surface area contributed by atoms with Gasteiger partial charge in [-0.1, -0.05) is 6.92 Å². The molecule has 1 saturated heterocycles. The van der Waals surface area contributed by atoms with Gasteiger partial charge in [0, 0.05) is 36.7 Å². The zero-order valence-corrected chi connectivity index (χ0v) is 16.9. The van der Waals surface area contributed by atoms with Gasteiger partial charge in [-0.15, -0.1) is 11.3 Å². The van der Waals surface area contributed by atoms with Crippen LogP contribution in [0.4, 0.5) is 0 Å². The van der Waals surface area contributed by atoms with Crippen LogP contribution in [0, 0.1) is 11.8 Å². The van der Waals surface area contributed by atoms with Crippen molar-refractivity contribution in [3.05, 3.63) is 26.6 Å². The van der Waals surface area contributed by atoms with Gasteiger partial charge in [-0.2, -0.15) is 0 Å². The number of amides is 2. The van der Waals surface area contributed by atoms with E-state index < -0.39 is 0 Å². The summed E-state index contributed by atoms with van der Waals surface area (Å²) in [6, 6.07) is 0. The lowest BCUT2D eigenvalue weighted by Crippen LogP contribution is -2.41. The number of nitrogens with two attached hydrogens (primary N) is 1. The summed E-state index contributed by atoms with van der Waals surface area (Å²) in [5.74, 6) is 0.845. The molecule has 8 heteroatoms. The number of aromatic nitrogens is 2. The fourth-order valence-corrected chi connectivity index (χ4v) is 5.71. The molecule has 1 aliphatic heterocycles. The van der Waals surface area contributed by atoms with Crippen molar-refractivity contribution in [2.24, 2.45) is 17.6 Å². The summed E-state index contributed by atoms with van der Waals surface area (Å²) in [5, 5.41) is 0.746. The third-order valence-corrected chi connectivity index (χ3v) is 7.19. The molecule has 3 N–H and O–H groups in total. The first-order valence-electron chi connectivity index (χ1n) is 10.0. The highest BCUT2D eigenvalue weighted by Gasteiger charge is 2.26. The number of nitrogens with zero attached hydrogens (tertiary/aromatic N) is 2. The Kier molecular flexibility index (Phi) is 5.23. The van der Waals surface area contributed by atoms with Crippen LogP contribution in [0.1, 0.15) is 48.9 Å². The molecule has 1 fully saturated rings. The van der Waals surface area contributed by atoms with Gasteiger partial charge >= 0.3 is 0 Å². The van der Waals surface area contributed by atoms with E-state index in [1.807, 2.05) is 0 Å². The van der Waals surface area contributed by atoms with Crippen molar-refractivity contribution in [2.45, 2.75) is 51.9 Å². The first kappa shape index (κ1) is 19.1. The maximum atomic E-state index is 12.6. The number of carbonyl (C=O) groups is 2. The molecule has 1 aliphatic carbocycles. The van der Waals surface area contributed by atoms with Crippen LogP contribution in [0.2, 0.25) is 0 Å². The Labute approximate surface area is 167 Å². The highest BCUT2D eigenvalue weighted by molar-refractivity contribution is 7.18. The van der Waals surface area contributed by atoms with Crippen molar-refractivity contribution >= 4 is 33.4 Å². The number of carbonyl (C=O) groups excluding carboxylic acids is 2. The van der Waals surface area contributed by atoms with Crippen LogP contribution >= 0.6 is 11.3 Å². The van der Waals surface area contributed by atoms with Gasteiger partial charge in [0.05, 0.1) is 5.39 Å². The summed E-state index contributed by atoms with van der Waals surface area (Å²) in [5.41, 5.74) is 6.43. The van der Waals surface area contributed by atoms with E-state index in [2.05, 4.69) is 16.9 Å². The van der Waals surface area contributed by atoms with Crippen LogP contribution in [0.15, 0.2) is 4.79 Å². The van der Waals surface area contributed by atoms with E-state index in [4.69, 9.17) is 5.73 Å². The number of fused-ring (bicyclic) bond motifs is 3. The fourth-order valence-electron chi connectivity index (χ4n) is 4.31. The quantitative estimate of drug-likeness (QED) is 0.812. The minimum absolute atomic E-state index is 0.0324. The largest absolute Gasteiger partial charge is 0.369 e. The van der Waals surface area contributed by atoms with Gasteiger partial charge in [0.1, 0.15) is 10.7 Å². The molecule has 2 aromatic heterocycles. The van der Waals surface area contributed by atoms with Gasteiger partial charge in [0.15, 0.2) is 0 Å². The second kappa shape index (κ2) is 7.66. The van der Waals surface area contributed by atoms with Crippen LogP contribution in [0.5, 0.6) is 0 Å². The zero-order valence-electron chi connectivity index (χ0n) is 16.1. The highest BCUT2D eigenvalue weighted by Crippen LogP contribution is 2.35. The maximum Gasteiger partial charge on any atom is 0.259 e. The van der Waals surface area contributed by atoms with Crippen molar-refractivity contribution in [1.29, 1.82) is 0 Å². The predicted octanol–water partition coefficient (Wildman–Crippen LogP) is 1.77. The lowest BCUT2D eigenvalue weighted by molar-refractivity contribution is -0.134. The van der Waals surface area contributed by atoms with Crippen LogP contribution < -0.4 is 11.3 Å². The number of nitrogens with one attached hydrogen (secondary N) is 1. The van der Waals surface area contributed by atoms with Gasteiger partial charge in [0.25, 0.3) is 5.56 Å². The van der Waals surface area contributed by atoms with E-state index in [0.29, 0.717) is 50.5 Å². The molecule has 150 valence electrons. The molecule has 4 rings (SSSR count). The minimum atomic E-state index is -0.282. The number of hydrogen-bond acceptors (Lipinski definition) is 5. The Morgan fingerprint density at radius 2 is 2.04 bits per heavy atom. The van der Waals surface area contributed by atoms with E-state index in [9.17, 15) is 14.4 Å². The zero-order chi connectivity index (χ0) is 19.8. The maximum absolute atomic E-state index is 12.6. The average molecular weight is 403 g/mol. The summed E-state index contributed by atoms with van der Waals surface area (Å²) >= 11 is 1.63. The number of thiophene rings is 1. The van der Waals surface area contributed by atoms with Gasteiger partial charge in [0.2, 0.25) is 11.8 Å². The number of aromatic amines is 1. The van der Waals surface area contributed by atoms with Crippen LogP contribution in [-0.4, -0.2) is 39.8 Å². The standard InChI is InChI=1S/C20H26N4O3S/c1-11-2-3-13-14(10-11)28-20-17(13)19(27)22-15(23-20)4-5-16(25)24-8-6-12(7-9-24)18(21)26/h11-12H,2-10H2,1H3,(H2,21,26)(H,22,23,27). The summed E-state index contributed by atoms with van der Waals surface area (Å²) in [6.07, 6.45) is 5.05. The van der Waals surface area contributed by atoms with E-state index in [1.54, 1.807) is 16.2 Å². The molecule has 1 atom stereocenters. The molecule has 0 radical (unpaired) electrons. The Hall–Kier alpha value is -2.22. The Morgan fingerprint density at radius 3 is 2.75 bits per heavy atom. The first-order chi connectivity index (χ1) is 13.4. The second-order valence-electron chi connectivity index (χ2n) is 8.10. The number of rotatable bonds is 4. The Balaban J connectivity index is 1.43. The SMILES string of the molecule is CC1CCc2c(sc3nc(CCC(=O)N4CCC(C(N)=O)CC4)[nH]c(=O)c23)C1. The topological polar surface area (TPSA) is 109 Å². The van der Waals surface area contributed by atoms with E-state index in [1.165, 1.54) is 10.4 Å². The number of aryl methyl sites for hydroxylation is 2. The molecule has 2 aromatic rings. The molecule has 1 unspecified atom stereocenters.